The Hall–Kier alpha value is -1.75. The number of methoxy groups -OCH3 is 1. The summed E-state index contributed by atoms with van der Waals surface area (Å²) in [5.41, 5.74) is 1.30. The minimum Gasteiger partial charge on any atom is -0.453 e. The van der Waals surface area contributed by atoms with E-state index >= 15 is 0 Å². The molecule has 0 saturated carbocycles. The van der Waals surface area contributed by atoms with E-state index in [1.165, 1.54) is 7.11 Å². The van der Waals surface area contributed by atoms with Crippen LogP contribution in [0.2, 0.25) is 5.02 Å². The van der Waals surface area contributed by atoms with E-state index in [-0.39, 0.29) is 6.04 Å². The predicted octanol–water partition coefficient (Wildman–Crippen LogP) is 2.72. The van der Waals surface area contributed by atoms with Crippen LogP contribution in [-0.2, 0) is 4.74 Å². The number of rotatable bonds is 3. The second-order valence-corrected chi connectivity index (χ2v) is 5.66. The third-order valence-electron chi connectivity index (χ3n) is 3.91. The number of carbonyl (C=O) groups is 2. The van der Waals surface area contributed by atoms with Gasteiger partial charge in [0.2, 0.25) is 0 Å². The first-order valence-corrected chi connectivity index (χ1v) is 7.27. The van der Waals surface area contributed by atoms with Crippen LogP contribution in [0.4, 0.5) is 10.5 Å². The van der Waals surface area contributed by atoms with Crippen LogP contribution in [0.1, 0.15) is 23.7 Å². The van der Waals surface area contributed by atoms with Crippen molar-refractivity contribution >= 4 is 29.7 Å². The van der Waals surface area contributed by atoms with E-state index < -0.39 is 6.09 Å². The molecule has 0 aromatic heterocycles. The Morgan fingerprint density at radius 2 is 2.29 bits per heavy atom. The average molecular weight is 311 g/mol. The number of aldehydes is 1. The summed E-state index contributed by atoms with van der Waals surface area (Å²) in [6.45, 7) is 3.48. The van der Waals surface area contributed by atoms with Crippen molar-refractivity contribution < 1.29 is 14.3 Å². The Kier molecular flexibility index (Phi) is 5.07. The lowest BCUT2D eigenvalue weighted by Gasteiger charge is -2.39. The van der Waals surface area contributed by atoms with Gasteiger partial charge in [0, 0.05) is 18.7 Å². The van der Waals surface area contributed by atoms with Gasteiger partial charge in [0.05, 0.1) is 23.9 Å². The molecule has 1 aliphatic heterocycles. The Morgan fingerprint density at radius 3 is 2.95 bits per heavy atom. The van der Waals surface area contributed by atoms with Crippen LogP contribution in [0.25, 0.3) is 0 Å². The molecule has 21 heavy (non-hydrogen) atoms. The van der Waals surface area contributed by atoms with Crippen molar-refractivity contribution in [3.63, 3.8) is 0 Å². The number of ether oxygens (including phenoxy) is 1. The fourth-order valence-corrected chi connectivity index (χ4v) is 2.93. The number of benzene rings is 1. The lowest BCUT2D eigenvalue weighted by atomic mass is 9.93. The molecule has 1 aromatic carbocycles. The number of nitrogens with one attached hydrogen (secondary N) is 1. The van der Waals surface area contributed by atoms with Gasteiger partial charge in [-0.2, -0.15) is 0 Å². The van der Waals surface area contributed by atoms with Gasteiger partial charge in [0.1, 0.15) is 0 Å². The molecule has 1 amide bonds. The number of amides is 1. The van der Waals surface area contributed by atoms with Gasteiger partial charge in [-0.25, -0.2) is 4.79 Å². The quantitative estimate of drug-likeness (QED) is 0.872. The Balaban J connectivity index is 2.22. The fourth-order valence-electron chi connectivity index (χ4n) is 2.63. The first-order chi connectivity index (χ1) is 10.1. The van der Waals surface area contributed by atoms with Crippen LogP contribution >= 0.6 is 11.6 Å². The summed E-state index contributed by atoms with van der Waals surface area (Å²) in [6, 6.07) is 5.23. The van der Waals surface area contributed by atoms with Crippen molar-refractivity contribution in [2.45, 2.75) is 19.4 Å². The number of anilines is 1. The van der Waals surface area contributed by atoms with Gasteiger partial charge >= 0.3 is 6.09 Å². The minimum atomic E-state index is -0.441. The van der Waals surface area contributed by atoms with Gasteiger partial charge < -0.3 is 15.0 Å². The zero-order chi connectivity index (χ0) is 15.4. The third kappa shape index (κ3) is 3.47. The molecule has 0 bridgehead atoms. The molecule has 1 N–H and O–H groups in total. The summed E-state index contributed by atoms with van der Waals surface area (Å²) in [6.07, 6.45) is 1.27. The van der Waals surface area contributed by atoms with Gasteiger partial charge in [-0.3, -0.25) is 4.79 Å². The summed E-state index contributed by atoms with van der Waals surface area (Å²) in [7, 11) is 1.35. The van der Waals surface area contributed by atoms with E-state index in [1.54, 1.807) is 18.2 Å². The van der Waals surface area contributed by atoms with Crippen LogP contribution in [0.5, 0.6) is 0 Å². The highest BCUT2D eigenvalue weighted by Crippen LogP contribution is 2.32. The van der Waals surface area contributed by atoms with E-state index in [0.717, 1.165) is 24.9 Å². The molecule has 114 valence electrons. The topological polar surface area (TPSA) is 58.6 Å². The fraction of sp³-hybridized carbons (Fsp3) is 0.467. The largest absolute Gasteiger partial charge is 0.453 e. The Labute approximate surface area is 129 Å². The summed E-state index contributed by atoms with van der Waals surface area (Å²) >= 11 is 6.25. The number of alkyl carbamates (subject to hydrolysis) is 1. The maximum atomic E-state index is 11.4. The smallest absolute Gasteiger partial charge is 0.407 e. The van der Waals surface area contributed by atoms with Crippen molar-refractivity contribution in [2.24, 2.45) is 5.92 Å². The lowest BCUT2D eigenvalue weighted by Crippen LogP contribution is -2.52. The molecule has 1 heterocycles. The van der Waals surface area contributed by atoms with Crippen LogP contribution in [0.3, 0.4) is 0 Å². The van der Waals surface area contributed by atoms with Crippen molar-refractivity contribution in [3.8, 4) is 0 Å². The summed E-state index contributed by atoms with van der Waals surface area (Å²) in [4.78, 5) is 24.7. The molecule has 1 aliphatic rings. The Bertz CT molecular complexity index is 536. The van der Waals surface area contributed by atoms with Crippen molar-refractivity contribution in [1.82, 2.24) is 5.32 Å². The third-order valence-corrected chi connectivity index (χ3v) is 4.21. The van der Waals surface area contributed by atoms with Crippen LogP contribution in [0.15, 0.2) is 18.2 Å². The van der Waals surface area contributed by atoms with Gasteiger partial charge in [0.25, 0.3) is 0 Å². The zero-order valence-corrected chi connectivity index (χ0v) is 12.9. The van der Waals surface area contributed by atoms with Gasteiger partial charge in [-0.05, 0) is 24.5 Å². The number of halogens is 1. The SMILES string of the molecule is COC(=O)N[C@H]1CN(c2c(Cl)cccc2C=O)CC[C@H]1C. The second kappa shape index (κ2) is 6.80. The first kappa shape index (κ1) is 15.6. The standard InChI is InChI=1S/C15H19ClN2O3/c1-10-6-7-18(8-13(10)17-15(20)21-2)14-11(9-19)4-3-5-12(14)16/h3-5,9-10,13H,6-8H2,1-2H3,(H,17,20)/t10-,13+/m1/s1. The van der Waals surface area contributed by atoms with E-state index in [2.05, 4.69) is 17.0 Å². The molecule has 2 rings (SSSR count). The molecular weight excluding hydrogens is 292 g/mol. The van der Waals surface area contributed by atoms with Crippen LogP contribution in [-0.4, -0.2) is 38.6 Å². The zero-order valence-electron chi connectivity index (χ0n) is 12.1. The van der Waals surface area contributed by atoms with E-state index in [9.17, 15) is 9.59 Å². The molecule has 0 radical (unpaired) electrons. The van der Waals surface area contributed by atoms with E-state index in [0.29, 0.717) is 23.0 Å². The molecule has 0 aliphatic carbocycles. The maximum Gasteiger partial charge on any atom is 0.407 e. The number of hydrogen-bond acceptors (Lipinski definition) is 4. The molecular formula is C15H19ClN2O3. The summed E-state index contributed by atoms with van der Waals surface area (Å²) < 4.78 is 4.66. The van der Waals surface area contributed by atoms with Gasteiger partial charge in [-0.15, -0.1) is 0 Å². The van der Waals surface area contributed by atoms with Crippen LogP contribution < -0.4 is 10.2 Å². The molecule has 1 fully saturated rings. The van der Waals surface area contributed by atoms with Crippen molar-refractivity contribution in [2.75, 3.05) is 25.1 Å². The van der Waals surface area contributed by atoms with Crippen molar-refractivity contribution in [3.05, 3.63) is 28.8 Å². The molecule has 1 aromatic rings. The number of hydrogen-bond donors (Lipinski definition) is 1. The molecule has 0 unspecified atom stereocenters. The lowest BCUT2D eigenvalue weighted by molar-refractivity contribution is 0.112. The van der Waals surface area contributed by atoms with E-state index in [4.69, 9.17) is 11.6 Å². The highest BCUT2D eigenvalue weighted by atomic mass is 35.5. The summed E-state index contributed by atoms with van der Waals surface area (Å²) in [5, 5.41) is 3.39. The highest BCUT2D eigenvalue weighted by Gasteiger charge is 2.29. The number of para-hydroxylation sites is 1. The minimum absolute atomic E-state index is 0.0398. The first-order valence-electron chi connectivity index (χ1n) is 6.90. The number of nitrogens with zero attached hydrogens (tertiary/aromatic N) is 1. The van der Waals surface area contributed by atoms with Crippen molar-refractivity contribution in [1.29, 1.82) is 0 Å². The molecule has 1 saturated heterocycles. The monoisotopic (exact) mass is 310 g/mol. The predicted molar refractivity (Wildman–Crippen MR) is 82.2 cm³/mol. The highest BCUT2D eigenvalue weighted by molar-refractivity contribution is 6.33. The molecule has 6 heteroatoms. The number of carbonyl (C=O) groups excluding carboxylic acids is 2. The molecule has 2 atom stereocenters. The normalized spacial score (nSPS) is 21.8. The molecule has 5 nitrogen and oxygen atoms in total. The summed E-state index contributed by atoms with van der Waals surface area (Å²) in [5.74, 6) is 0.336. The maximum absolute atomic E-state index is 11.4. The second-order valence-electron chi connectivity index (χ2n) is 5.25. The van der Waals surface area contributed by atoms with Gasteiger partial charge in [0.15, 0.2) is 6.29 Å². The average Bonchev–Trinajstić information content (AvgIpc) is 2.49. The Morgan fingerprint density at radius 1 is 1.52 bits per heavy atom. The van der Waals surface area contributed by atoms with Gasteiger partial charge in [-0.1, -0.05) is 24.6 Å². The van der Waals surface area contributed by atoms with Crippen LogP contribution in [0, 0.1) is 5.92 Å². The molecule has 0 spiro atoms. The van der Waals surface area contributed by atoms with E-state index in [1.807, 2.05) is 4.90 Å². The number of piperidine rings is 1.